The summed E-state index contributed by atoms with van der Waals surface area (Å²) in [6.07, 6.45) is 0.859. The number of rotatable bonds is 1. The minimum atomic E-state index is 0.0483. The number of benzene rings is 1. The Hall–Kier alpha value is -2.04. The molecule has 0 bridgehead atoms. The molecule has 0 spiro atoms. The van der Waals surface area contributed by atoms with Crippen LogP contribution in [0.1, 0.15) is 17.5 Å². The molecule has 5 heteroatoms. The fourth-order valence-corrected chi connectivity index (χ4v) is 1.84. The quantitative estimate of drug-likeness (QED) is 0.730. The molecule has 76 valence electrons. The Bertz CT molecular complexity index is 469. The number of anilines is 2. The van der Waals surface area contributed by atoms with Crippen LogP contribution >= 0.6 is 0 Å². The molecule has 0 fully saturated rings. The SMILES string of the molecule is Nc1noc(C2Cc3ccccc3N2)n1. The Kier molecular flexibility index (Phi) is 1.65. The number of nitrogens with zero attached hydrogens (tertiary/aromatic N) is 2. The molecule has 1 atom stereocenters. The average molecular weight is 202 g/mol. The van der Waals surface area contributed by atoms with Crippen molar-refractivity contribution in [2.45, 2.75) is 12.5 Å². The maximum Gasteiger partial charge on any atom is 0.260 e. The first-order chi connectivity index (χ1) is 7.33. The van der Waals surface area contributed by atoms with Gasteiger partial charge in [0.2, 0.25) is 0 Å². The highest BCUT2D eigenvalue weighted by Gasteiger charge is 2.25. The highest BCUT2D eigenvalue weighted by atomic mass is 16.5. The van der Waals surface area contributed by atoms with Gasteiger partial charge in [0, 0.05) is 12.1 Å². The van der Waals surface area contributed by atoms with Crippen LogP contribution in [0.25, 0.3) is 0 Å². The molecule has 0 radical (unpaired) electrons. The van der Waals surface area contributed by atoms with Gasteiger partial charge in [0.15, 0.2) is 0 Å². The first-order valence-corrected chi connectivity index (χ1v) is 4.76. The maximum absolute atomic E-state index is 5.41. The van der Waals surface area contributed by atoms with E-state index in [9.17, 15) is 0 Å². The van der Waals surface area contributed by atoms with Crippen molar-refractivity contribution in [1.29, 1.82) is 0 Å². The van der Waals surface area contributed by atoms with Gasteiger partial charge < -0.3 is 15.6 Å². The molecule has 0 amide bonds. The highest BCUT2D eigenvalue weighted by molar-refractivity contribution is 5.57. The van der Waals surface area contributed by atoms with Crippen LogP contribution in [0.2, 0.25) is 0 Å². The van der Waals surface area contributed by atoms with Gasteiger partial charge in [-0.15, -0.1) is 0 Å². The molecule has 3 rings (SSSR count). The second kappa shape index (κ2) is 2.98. The number of nitrogens with two attached hydrogens (primary N) is 1. The summed E-state index contributed by atoms with van der Waals surface area (Å²) in [6, 6.07) is 8.19. The minimum absolute atomic E-state index is 0.0483. The number of hydrogen-bond donors (Lipinski definition) is 2. The van der Waals surface area contributed by atoms with E-state index in [0.29, 0.717) is 5.89 Å². The summed E-state index contributed by atoms with van der Waals surface area (Å²) in [6.45, 7) is 0. The molecular weight excluding hydrogens is 192 g/mol. The van der Waals surface area contributed by atoms with E-state index in [0.717, 1.165) is 12.1 Å². The van der Waals surface area contributed by atoms with Crippen molar-refractivity contribution in [2.24, 2.45) is 0 Å². The van der Waals surface area contributed by atoms with E-state index < -0.39 is 0 Å². The molecule has 1 aromatic carbocycles. The fourth-order valence-electron chi connectivity index (χ4n) is 1.84. The molecule has 3 N–H and O–H groups in total. The zero-order valence-electron chi connectivity index (χ0n) is 7.97. The van der Waals surface area contributed by atoms with Gasteiger partial charge in [-0.25, -0.2) is 0 Å². The van der Waals surface area contributed by atoms with Crippen molar-refractivity contribution >= 4 is 11.6 Å². The fraction of sp³-hybridized carbons (Fsp3) is 0.200. The Labute approximate surface area is 86.3 Å². The van der Waals surface area contributed by atoms with Crippen molar-refractivity contribution in [3.05, 3.63) is 35.7 Å². The number of nitrogens with one attached hydrogen (secondary N) is 1. The predicted octanol–water partition coefficient (Wildman–Crippen LogP) is 1.36. The lowest BCUT2D eigenvalue weighted by Gasteiger charge is -2.03. The third-order valence-electron chi connectivity index (χ3n) is 2.53. The lowest BCUT2D eigenvalue weighted by Crippen LogP contribution is -2.06. The van der Waals surface area contributed by atoms with Gasteiger partial charge in [-0.2, -0.15) is 4.98 Å². The van der Waals surface area contributed by atoms with Crippen LogP contribution in [0.3, 0.4) is 0 Å². The van der Waals surface area contributed by atoms with Gasteiger partial charge in [0.05, 0.1) is 0 Å². The van der Waals surface area contributed by atoms with Crippen molar-refractivity contribution in [1.82, 2.24) is 10.1 Å². The Morgan fingerprint density at radius 3 is 3.00 bits per heavy atom. The second-order valence-electron chi connectivity index (χ2n) is 3.55. The molecular formula is C10H10N4O. The normalized spacial score (nSPS) is 18.5. The molecule has 15 heavy (non-hydrogen) atoms. The summed E-state index contributed by atoms with van der Waals surface area (Å²) in [4.78, 5) is 4.01. The van der Waals surface area contributed by atoms with Gasteiger partial charge in [-0.3, -0.25) is 0 Å². The topological polar surface area (TPSA) is 77.0 Å². The average Bonchev–Trinajstić information content (AvgIpc) is 2.82. The summed E-state index contributed by atoms with van der Waals surface area (Å²) in [7, 11) is 0. The van der Waals surface area contributed by atoms with Crippen LogP contribution in [0, 0.1) is 0 Å². The Morgan fingerprint density at radius 2 is 2.27 bits per heavy atom. The number of nitrogen functional groups attached to an aromatic ring is 1. The van der Waals surface area contributed by atoms with Crippen LogP contribution in [0.4, 0.5) is 11.6 Å². The summed E-state index contributed by atoms with van der Waals surface area (Å²) in [5.74, 6) is 0.728. The second-order valence-corrected chi connectivity index (χ2v) is 3.55. The van der Waals surface area contributed by atoms with Gasteiger partial charge >= 0.3 is 0 Å². The van der Waals surface area contributed by atoms with Crippen LogP contribution in [0.5, 0.6) is 0 Å². The molecule has 2 heterocycles. The Morgan fingerprint density at radius 1 is 1.40 bits per heavy atom. The number of aromatic nitrogens is 2. The summed E-state index contributed by atoms with van der Waals surface area (Å²) in [5.41, 5.74) is 7.80. The lowest BCUT2D eigenvalue weighted by molar-refractivity contribution is 0.364. The van der Waals surface area contributed by atoms with Crippen LogP contribution in [0.15, 0.2) is 28.8 Å². The summed E-state index contributed by atoms with van der Waals surface area (Å²) >= 11 is 0. The maximum atomic E-state index is 5.41. The van der Waals surface area contributed by atoms with Crippen LogP contribution < -0.4 is 11.1 Å². The standard InChI is InChI=1S/C10H10N4O/c11-10-13-9(15-14-10)8-5-6-3-1-2-4-7(6)12-8/h1-4,8,12H,5H2,(H2,11,14). The van der Waals surface area contributed by atoms with E-state index in [-0.39, 0.29) is 12.0 Å². The molecule has 1 aliphatic heterocycles. The van der Waals surface area contributed by atoms with Gasteiger partial charge in [-0.05, 0) is 16.8 Å². The van der Waals surface area contributed by atoms with E-state index >= 15 is 0 Å². The molecule has 0 saturated carbocycles. The molecule has 1 unspecified atom stereocenters. The molecule has 5 nitrogen and oxygen atoms in total. The first-order valence-electron chi connectivity index (χ1n) is 4.76. The highest BCUT2D eigenvalue weighted by Crippen LogP contribution is 2.32. The molecule has 2 aromatic rings. The summed E-state index contributed by atoms with van der Waals surface area (Å²) < 4.78 is 5.03. The minimum Gasteiger partial charge on any atom is -0.373 e. The van der Waals surface area contributed by atoms with Gasteiger partial charge in [-0.1, -0.05) is 18.2 Å². The van der Waals surface area contributed by atoms with Crippen molar-refractivity contribution in [2.75, 3.05) is 11.1 Å². The van der Waals surface area contributed by atoms with E-state index in [1.165, 1.54) is 5.56 Å². The Balaban J connectivity index is 1.90. The monoisotopic (exact) mass is 202 g/mol. The van der Waals surface area contributed by atoms with Crippen LogP contribution in [-0.2, 0) is 6.42 Å². The number of para-hydroxylation sites is 1. The van der Waals surface area contributed by atoms with Crippen molar-refractivity contribution in [3.8, 4) is 0 Å². The van der Waals surface area contributed by atoms with Crippen molar-refractivity contribution in [3.63, 3.8) is 0 Å². The smallest absolute Gasteiger partial charge is 0.260 e. The molecule has 1 aromatic heterocycles. The van der Waals surface area contributed by atoms with E-state index in [1.807, 2.05) is 18.2 Å². The third kappa shape index (κ3) is 1.32. The molecule has 0 aliphatic carbocycles. The van der Waals surface area contributed by atoms with Gasteiger partial charge in [0.1, 0.15) is 6.04 Å². The zero-order chi connectivity index (χ0) is 10.3. The van der Waals surface area contributed by atoms with Crippen LogP contribution in [-0.4, -0.2) is 10.1 Å². The van der Waals surface area contributed by atoms with E-state index in [4.69, 9.17) is 10.3 Å². The third-order valence-corrected chi connectivity index (χ3v) is 2.53. The van der Waals surface area contributed by atoms with Gasteiger partial charge in [0.25, 0.3) is 11.8 Å². The lowest BCUT2D eigenvalue weighted by atomic mass is 10.1. The largest absolute Gasteiger partial charge is 0.373 e. The van der Waals surface area contributed by atoms with E-state index in [2.05, 4.69) is 21.5 Å². The summed E-state index contributed by atoms with van der Waals surface area (Å²) in [5, 5.41) is 6.89. The zero-order valence-corrected chi connectivity index (χ0v) is 7.97. The molecule has 1 aliphatic rings. The number of hydrogen-bond acceptors (Lipinski definition) is 5. The van der Waals surface area contributed by atoms with E-state index in [1.54, 1.807) is 0 Å². The predicted molar refractivity (Wildman–Crippen MR) is 55.2 cm³/mol. The number of fused-ring (bicyclic) bond motifs is 1. The first kappa shape index (κ1) is 8.28. The molecule has 0 saturated heterocycles. The van der Waals surface area contributed by atoms with Crippen molar-refractivity contribution < 1.29 is 4.52 Å².